The topological polar surface area (TPSA) is 114 Å². The van der Waals surface area contributed by atoms with Crippen LogP contribution in [0, 0.1) is 13.8 Å². The number of rotatable bonds is 10. The lowest BCUT2D eigenvalue weighted by Gasteiger charge is -2.25. The number of nitrogens with one attached hydrogen (secondary N) is 1. The summed E-state index contributed by atoms with van der Waals surface area (Å²) in [6.45, 7) is 2.85. The monoisotopic (exact) mass is 543 g/mol. The maximum Gasteiger partial charge on any atom is 0.343 e. The summed E-state index contributed by atoms with van der Waals surface area (Å²) in [5.41, 5.74) is 4.82. The van der Waals surface area contributed by atoms with Gasteiger partial charge >= 0.3 is 5.97 Å². The van der Waals surface area contributed by atoms with Crippen LogP contribution in [0.15, 0.2) is 76.7 Å². The lowest BCUT2D eigenvalue weighted by Crippen LogP contribution is -2.40. The molecule has 9 nitrogen and oxygen atoms in total. The second-order valence-electron chi connectivity index (χ2n) is 7.98. The number of aryl methyl sites for hydroxylation is 2. The fourth-order valence-electron chi connectivity index (χ4n) is 3.18. The van der Waals surface area contributed by atoms with E-state index in [0.717, 1.165) is 9.87 Å². The summed E-state index contributed by atoms with van der Waals surface area (Å²) in [5.74, 6) is -0.690. The number of hydrogen-bond donors (Lipinski definition) is 1. The van der Waals surface area contributed by atoms with Gasteiger partial charge in [0.15, 0.2) is 6.61 Å². The van der Waals surface area contributed by atoms with Crippen LogP contribution in [-0.2, 0) is 24.3 Å². The fourth-order valence-corrected chi connectivity index (χ4v) is 4.83. The molecule has 0 aliphatic carbocycles. The van der Waals surface area contributed by atoms with Crippen molar-refractivity contribution in [1.82, 2.24) is 5.43 Å². The Morgan fingerprint density at radius 1 is 1.03 bits per heavy atom. The molecule has 0 fully saturated rings. The SMILES string of the molecule is COC(=O)COc1ccc(/C=N\NC(=O)CN(c2cc(Cl)ccc2C)S(=O)(=O)c2ccc(C)cc2)cc1. The molecule has 0 radical (unpaired) electrons. The summed E-state index contributed by atoms with van der Waals surface area (Å²) in [7, 11) is -2.81. The molecule has 194 valence electrons. The number of benzene rings is 3. The highest BCUT2D eigenvalue weighted by Gasteiger charge is 2.28. The Labute approximate surface area is 220 Å². The third-order valence-electron chi connectivity index (χ3n) is 5.20. The third kappa shape index (κ3) is 7.55. The van der Waals surface area contributed by atoms with Crippen molar-refractivity contribution in [2.75, 3.05) is 24.6 Å². The van der Waals surface area contributed by atoms with Crippen molar-refractivity contribution >= 4 is 45.4 Å². The highest BCUT2D eigenvalue weighted by molar-refractivity contribution is 7.92. The minimum Gasteiger partial charge on any atom is -0.482 e. The molecular formula is C26H26ClN3O6S. The molecule has 0 atom stereocenters. The molecule has 0 unspecified atom stereocenters. The lowest BCUT2D eigenvalue weighted by atomic mass is 10.2. The van der Waals surface area contributed by atoms with E-state index in [0.29, 0.717) is 21.9 Å². The van der Waals surface area contributed by atoms with Gasteiger partial charge in [0.1, 0.15) is 12.3 Å². The number of ether oxygens (including phenoxy) is 2. The van der Waals surface area contributed by atoms with Crippen molar-refractivity contribution in [1.29, 1.82) is 0 Å². The predicted molar refractivity (Wildman–Crippen MR) is 142 cm³/mol. The maximum atomic E-state index is 13.5. The molecule has 11 heteroatoms. The number of carbonyl (C=O) groups excluding carboxylic acids is 2. The van der Waals surface area contributed by atoms with Gasteiger partial charge in [-0.25, -0.2) is 18.6 Å². The van der Waals surface area contributed by atoms with Gasteiger partial charge in [0.05, 0.1) is 23.9 Å². The Morgan fingerprint density at radius 3 is 2.35 bits per heavy atom. The zero-order valence-electron chi connectivity index (χ0n) is 20.5. The Morgan fingerprint density at radius 2 is 1.70 bits per heavy atom. The summed E-state index contributed by atoms with van der Waals surface area (Å²) in [5, 5.41) is 4.26. The minimum absolute atomic E-state index is 0.0447. The van der Waals surface area contributed by atoms with Crippen LogP contribution < -0.4 is 14.5 Å². The second kappa shape index (κ2) is 12.4. The normalized spacial score (nSPS) is 11.2. The summed E-state index contributed by atoms with van der Waals surface area (Å²) in [6.07, 6.45) is 1.39. The van der Waals surface area contributed by atoms with E-state index < -0.39 is 28.4 Å². The van der Waals surface area contributed by atoms with Crippen LogP contribution in [0.25, 0.3) is 0 Å². The number of hydrogen-bond acceptors (Lipinski definition) is 7. The zero-order chi connectivity index (χ0) is 27.0. The number of carbonyl (C=O) groups is 2. The van der Waals surface area contributed by atoms with Crippen LogP contribution in [0.2, 0.25) is 5.02 Å². The van der Waals surface area contributed by atoms with E-state index >= 15 is 0 Å². The van der Waals surface area contributed by atoms with Gasteiger partial charge in [-0.05, 0) is 73.5 Å². The Hall–Kier alpha value is -3.89. The molecule has 3 aromatic carbocycles. The number of hydrazone groups is 1. The highest BCUT2D eigenvalue weighted by Crippen LogP contribution is 2.29. The van der Waals surface area contributed by atoms with Gasteiger partial charge < -0.3 is 9.47 Å². The molecule has 0 heterocycles. The summed E-state index contributed by atoms with van der Waals surface area (Å²) < 4.78 is 37.8. The van der Waals surface area contributed by atoms with Crippen molar-refractivity contribution in [3.8, 4) is 5.75 Å². The van der Waals surface area contributed by atoms with Crippen molar-refractivity contribution in [2.45, 2.75) is 18.7 Å². The number of anilines is 1. The van der Waals surface area contributed by atoms with Gasteiger partial charge in [-0.2, -0.15) is 5.10 Å². The molecule has 3 rings (SSSR count). The van der Waals surface area contributed by atoms with Crippen molar-refractivity contribution in [3.05, 3.63) is 88.4 Å². The van der Waals surface area contributed by atoms with E-state index in [1.807, 2.05) is 6.92 Å². The van der Waals surface area contributed by atoms with E-state index in [1.165, 1.54) is 31.5 Å². The smallest absolute Gasteiger partial charge is 0.343 e. The minimum atomic E-state index is -4.09. The standard InChI is InChI=1S/C26H26ClN3O6S/c1-18-4-12-23(13-5-18)37(33,34)30(24-14-21(27)9-6-19(24)2)16-25(31)29-28-15-20-7-10-22(11-8-20)36-17-26(32)35-3/h4-15H,16-17H2,1-3H3,(H,29,31)/b28-15-. The molecular weight excluding hydrogens is 518 g/mol. The van der Waals surface area contributed by atoms with Gasteiger partial charge in [0.2, 0.25) is 0 Å². The average molecular weight is 544 g/mol. The number of nitrogens with zero attached hydrogens (tertiary/aromatic N) is 2. The molecule has 0 saturated heterocycles. The van der Waals surface area contributed by atoms with Gasteiger partial charge in [0.25, 0.3) is 15.9 Å². The molecule has 0 spiro atoms. The van der Waals surface area contributed by atoms with Crippen LogP contribution in [0.5, 0.6) is 5.75 Å². The molecule has 0 bridgehead atoms. The predicted octanol–water partition coefficient (Wildman–Crippen LogP) is 3.85. The first-order chi connectivity index (χ1) is 17.6. The molecule has 0 aromatic heterocycles. The van der Waals surface area contributed by atoms with Crippen molar-refractivity contribution in [2.24, 2.45) is 5.10 Å². The Kier molecular flexibility index (Phi) is 9.26. The van der Waals surface area contributed by atoms with Gasteiger partial charge in [-0.3, -0.25) is 9.10 Å². The van der Waals surface area contributed by atoms with E-state index in [1.54, 1.807) is 55.5 Å². The lowest BCUT2D eigenvalue weighted by molar-refractivity contribution is -0.142. The third-order valence-corrected chi connectivity index (χ3v) is 7.21. The number of halogens is 1. The summed E-state index contributed by atoms with van der Waals surface area (Å²) in [4.78, 5) is 24.0. The van der Waals surface area contributed by atoms with E-state index in [2.05, 4.69) is 15.3 Å². The quantitative estimate of drug-likeness (QED) is 0.236. The Bertz CT molecular complexity index is 1390. The average Bonchev–Trinajstić information content (AvgIpc) is 2.88. The molecule has 0 aliphatic rings. The van der Waals surface area contributed by atoms with Gasteiger partial charge in [-0.15, -0.1) is 0 Å². The number of methoxy groups -OCH3 is 1. The fraction of sp³-hybridized carbons (Fsp3) is 0.192. The molecule has 1 N–H and O–H groups in total. The molecule has 3 aromatic rings. The first-order valence-electron chi connectivity index (χ1n) is 11.1. The van der Waals surface area contributed by atoms with Crippen LogP contribution in [-0.4, -0.2) is 46.8 Å². The largest absolute Gasteiger partial charge is 0.482 e. The Balaban J connectivity index is 1.75. The van der Waals surface area contributed by atoms with Gasteiger partial charge in [0, 0.05) is 5.02 Å². The summed E-state index contributed by atoms with van der Waals surface area (Å²) in [6, 6.07) is 17.8. The van der Waals surface area contributed by atoms with Crippen molar-refractivity contribution < 1.29 is 27.5 Å². The van der Waals surface area contributed by atoms with Gasteiger partial charge in [-0.1, -0.05) is 35.4 Å². The number of esters is 1. The first-order valence-corrected chi connectivity index (χ1v) is 12.9. The van der Waals surface area contributed by atoms with Crippen molar-refractivity contribution in [3.63, 3.8) is 0 Å². The number of sulfonamides is 1. The summed E-state index contributed by atoms with van der Waals surface area (Å²) >= 11 is 6.14. The van der Waals surface area contributed by atoms with Crippen LogP contribution in [0.4, 0.5) is 5.69 Å². The second-order valence-corrected chi connectivity index (χ2v) is 10.3. The van der Waals surface area contributed by atoms with E-state index in [-0.39, 0.29) is 17.2 Å². The highest BCUT2D eigenvalue weighted by atomic mass is 35.5. The molecule has 0 aliphatic heterocycles. The van der Waals surface area contributed by atoms with E-state index in [9.17, 15) is 18.0 Å². The van der Waals surface area contributed by atoms with Crippen LogP contribution in [0.1, 0.15) is 16.7 Å². The molecule has 1 amide bonds. The zero-order valence-corrected chi connectivity index (χ0v) is 22.0. The maximum absolute atomic E-state index is 13.5. The molecule has 0 saturated carbocycles. The molecule has 37 heavy (non-hydrogen) atoms. The van der Waals surface area contributed by atoms with Crippen LogP contribution in [0.3, 0.4) is 0 Å². The van der Waals surface area contributed by atoms with E-state index in [4.69, 9.17) is 16.3 Å². The van der Waals surface area contributed by atoms with Crippen LogP contribution >= 0.6 is 11.6 Å². The first kappa shape index (κ1) is 27.7. The number of amides is 1.